The summed E-state index contributed by atoms with van der Waals surface area (Å²) >= 11 is 1.38. The Hall–Kier alpha value is -1.78. The number of rotatable bonds is 5. The largest absolute Gasteiger partial charge is 0.493 e. The average molecular weight is 441 g/mol. The molecule has 158 valence electrons. The first-order valence-corrected chi connectivity index (χ1v) is 12.2. The molecule has 0 saturated carbocycles. The van der Waals surface area contributed by atoms with Crippen molar-refractivity contribution < 1.29 is 27.4 Å². The number of thioether (sulfide) groups is 1. The molecule has 0 unspecified atom stereocenters. The Morgan fingerprint density at radius 2 is 2.07 bits per heavy atom. The molecule has 1 aromatic carbocycles. The van der Waals surface area contributed by atoms with Gasteiger partial charge in [-0.25, -0.2) is 8.42 Å². The number of carbonyl (C=O) groups is 1. The molecule has 0 N–H and O–H groups in total. The van der Waals surface area contributed by atoms with Crippen LogP contribution in [0.25, 0.3) is 0 Å². The third-order valence-corrected chi connectivity index (χ3v) is 8.63. The molecule has 10 heteroatoms. The number of amidine groups is 1. The summed E-state index contributed by atoms with van der Waals surface area (Å²) in [5.41, 5.74) is 0.922. The molecule has 0 radical (unpaired) electrons. The fourth-order valence-corrected chi connectivity index (χ4v) is 7.89. The number of aliphatic imine (C=N–C) groups is 1. The van der Waals surface area contributed by atoms with Crippen LogP contribution in [-0.4, -0.2) is 74.1 Å². The van der Waals surface area contributed by atoms with Crippen LogP contribution in [0.5, 0.6) is 11.5 Å². The molecule has 0 aromatic heterocycles. The SMILES string of the molecule is COc1ccc(CN2C(=NC(=O)[C@H]3CCCO3)S[C@H]3CS(=O)(=O)C[C@@H]32)cc1OC. The number of methoxy groups -OCH3 is 2. The van der Waals surface area contributed by atoms with Gasteiger partial charge >= 0.3 is 0 Å². The smallest absolute Gasteiger partial charge is 0.277 e. The zero-order valence-electron chi connectivity index (χ0n) is 16.4. The summed E-state index contributed by atoms with van der Waals surface area (Å²) in [4.78, 5) is 18.8. The van der Waals surface area contributed by atoms with E-state index < -0.39 is 15.9 Å². The van der Waals surface area contributed by atoms with E-state index in [2.05, 4.69) is 4.99 Å². The second kappa shape index (κ2) is 8.16. The summed E-state index contributed by atoms with van der Waals surface area (Å²) in [6.07, 6.45) is 1.04. The summed E-state index contributed by atoms with van der Waals surface area (Å²) in [7, 11) is 0.0495. The van der Waals surface area contributed by atoms with Crippen molar-refractivity contribution in [2.75, 3.05) is 32.3 Å². The molecule has 29 heavy (non-hydrogen) atoms. The Labute approximate surface area is 174 Å². The van der Waals surface area contributed by atoms with Gasteiger partial charge in [0.25, 0.3) is 5.91 Å². The van der Waals surface area contributed by atoms with Gasteiger partial charge in [0.1, 0.15) is 6.10 Å². The minimum absolute atomic E-state index is 0.0745. The summed E-state index contributed by atoms with van der Waals surface area (Å²) < 4.78 is 40.4. The number of benzene rings is 1. The maximum absolute atomic E-state index is 12.5. The van der Waals surface area contributed by atoms with Crippen LogP contribution in [0.1, 0.15) is 18.4 Å². The second-order valence-electron chi connectivity index (χ2n) is 7.35. The van der Waals surface area contributed by atoms with E-state index in [9.17, 15) is 13.2 Å². The third-order valence-electron chi connectivity index (χ3n) is 5.39. The minimum atomic E-state index is -3.09. The number of hydrogen-bond donors (Lipinski definition) is 0. The van der Waals surface area contributed by atoms with Gasteiger partial charge in [0, 0.05) is 18.4 Å². The molecule has 0 aliphatic carbocycles. The molecule has 4 rings (SSSR count). The van der Waals surface area contributed by atoms with E-state index in [-0.39, 0.29) is 28.7 Å². The number of carbonyl (C=O) groups excluding carboxylic acids is 1. The highest BCUT2D eigenvalue weighted by molar-refractivity contribution is 8.15. The normalized spacial score (nSPS) is 29.2. The first-order valence-electron chi connectivity index (χ1n) is 9.49. The van der Waals surface area contributed by atoms with Crippen LogP contribution >= 0.6 is 11.8 Å². The molecule has 3 saturated heterocycles. The molecule has 3 aliphatic heterocycles. The predicted octanol–water partition coefficient (Wildman–Crippen LogP) is 1.48. The molecule has 1 aromatic rings. The first-order chi connectivity index (χ1) is 13.9. The Bertz CT molecular complexity index is 927. The standard InChI is InChI=1S/C19H24N2O6S2/c1-25-14-6-5-12(8-16(14)26-2)9-21-13-10-29(23,24)11-17(13)28-19(21)20-18(22)15-4-3-7-27-15/h5-6,8,13,15,17H,3-4,7,9-11H2,1-2H3/t13-,15+,17-/m0/s1. The van der Waals surface area contributed by atoms with Crippen molar-refractivity contribution in [2.45, 2.75) is 36.8 Å². The third kappa shape index (κ3) is 4.24. The fraction of sp³-hybridized carbons (Fsp3) is 0.579. The quantitative estimate of drug-likeness (QED) is 0.680. The summed E-state index contributed by atoms with van der Waals surface area (Å²) in [5.74, 6) is 1.12. The topological polar surface area (TPSA) is 94.5 Å². The number of amides is 1. The molecule has 3 heterocycles. The van der Waals surface area contributed by atoms with Crippen molar-refractivity contribution in [3.8, 4) is 11.5 Å². The van der Waals surface area contributed by atoms with Crippen molar-refractivity contribution in [2.24, 2.45) is 4.99 Å². The average Bonchev–Trinajstić information content (AvgIpc) is 3.39. The molecule has 8 nitrogen and oxygen atoms in total. The van der Waals surface area contributed by atoms with Gasteiger partial charge in [0.2, 0.25) is 0 Å². The van der Waals surface area contributed by atoms with Gasteiger partial charge in [-0.1, -0.05) is 17.8 Å². The van der Waals surface area contributed by atoms with Crippen LogP contribution in [0.4, 0.5) is 0 Å². The second-order valence-corrected chi connectivity index (χ2v) is 10.7. The van der Waals surface area contributed by atoms with Crippen LogP contribution in [0.15, 0.2) is 23.2 Å². The van der Waals surface area contributed by atoms with Crippen LogP contribution in [0.2, 0.25) is 0 Å². The highest BCUT2D eigenvalue weighted by Gasteiger charge is 2.49. The number of hydrogen-bond acceptors (Lipinski definition) is 7. The molecule has 1 amide bonds. The van der Waals surface area contributed by atoms with Crippen LogP contribution < -0.4 is 9.47 Å². The van der Waals surface area contributed by atoms with E-state index >= 15 is 0 Å². The van der Waals surface area contributed by atoms with Gasteiger partial charge in [0.15, 0.2) is 26.5 Å². The summed E-state index contributed by atoms with van der Waals surface area (Å²) in [6, 6.07) is 5.38. The summed E-state index contributed by atoms with van der Waals surface area (Å²) in [6.45, 7) is 1.01. The van der Waals surface area contributed by atoms with Gasteiger partial charge < -0.3 is 19.1 Å². The maximum atomic E-state index is 12.5. The Balaban J connectivity index is 1.61. The van der Waals surface area contributed by atoms with E-state index in [0.717, 1.165) is 12.0 Å². The van der Waals surface area contributed by atoms with Gasteiger partial charge in [-0.3, -0.25) is 4.79 Å². The Kier molecular flexibility index (Phi) is 5.76. The van der Waals surface area contributed by atoms with Crippen molar-refractivity contribution in [3.63, 3.8) is 0 Å². The van der Waals surface area contributed by atoms with Gasteiger partial charge in [-0.2, -0.15) is 4.99 Å². The molecule has 3 atom stereocenters. The fourth-order valence-electron chi connectivity index (χ4n) is 3.93. The molecule has 3 aliphatic rings. The zero-order valence-corrected chi connectivity index (χ0v) is 18.0. The lowest BCUT2D eigenvalue weighted by Gasteiger charge is -2.25. The lowest BCUT2D eigenvalue weighted by Crippen LogP contribution is -2.37. The molecule has 0 bridgehead atoms. The number of ether oxygens (including phenoxy) is 3. The number of nitrogens with zero attached hydrogens (tertiary/aromatic N) is 2. The van der Waals surface area contributed by atoms with Crippen molar-refractivity contribution in [1.82, 2.24) is 4.90 Å². The lowest BCUT2D eigenvalue weighted by atomic mass is 10.1. The highest BCUT2D eigenvalue weighted by Crippen LogP contribution is 2.40. The van der Waals surface area contributed by atoms with Crippen molar-refractivity contribution in [1.29, 1.82) is 0 Å². The Morgan fingerprint density at radius 1 is 1.28 bits per heavy atom. The maximum Gasteiger partial charge on any atom is 0.277 e. The van der Waals surface area contributed by atoms with E-state index in [1.54, 1.807) is 14.2 Å². The highest BCUT2D eigenvalue weighted by atomic mass is 32.2. The predicted molar refractivity (Wildman–Crippen MR) is 110 cm³/mol. The van der Waals surface area contributed by atoms with E-state index in [4.69, 9.17) is 14.2 Å². The van der Waals surface area contributed by atoms with E-state index in [1.807, 2.05) is 23.1 Å². The number of fused-ring (bicyclic) bond motifs is 1. The van der Waals surface area contributed by atoms with Crippen LogP contribution in [0, 0.1) is 0 Å². The van der Waals surface area contributed by atoms with Crippen molar-refractivity contribution >= 4 is 32.7 Å². The van der Waals surface area contributed by atoms with Crippen LogP contribution in [0.3, 0.4) is 0 Å². The molecule has 3 fully saturated rings. The molecule has 0 spiro atoms. The minimum Gasteiger partial charge on any atom is -0.493 e. The van der Waals surface area contributed by atoms with Crippen molar-refractivity contribution in [3.05, 3.63) is 23.8 Å². The summed E-state index contributed by atoms with van der Waals surface area (Å²) in [5, 5.41) is 0.460. The number of sulfone groups is 1. The monoisotopic (exact) mass is 440 g/mol. The van der Waals surface area contributed by atoms with E-state index in [0.29, 0.717) is 36.2 Å². The van der Waals surface area contributed by atoms with Gasteiger partial charge in [0.05, 0.1) is 31.8 Å². The zero-order chi connectivity index (χ0) is 20.6. The molecular formula is C19H24N2O6S2. The Morgan fingerprint density at radius 3 is 2.76 bits per heavy atom. The first kappa shape index (κ1) is 20.5. The molecular weight excluding hydrogens is 416 g/mol. The van der Waals surface area contributed by atoms with E-state index in [1.165, 1.54) is 11.8 Å². The lowest BCUT2D eigenvalue weighted by molar-refractivity contribution is -0.126. The van der Waals surface area contributed by atoms with Gasteiger partial charge in [-0.05, 0) is 30.5 Å². The van der Waals surface area contributed by atoms with Gasteiger partial charge in [-0.15, -0.1) is 0 Å². The van der Waals surface area contributed by atoms with Crippen LogP contribution in [-0.2, 0) is 25.9 Å².